The predicted octanol–water partition coefficient (Wildman–Crippen LogP) is 3.98. The van der Waals surface area contributed by atoms with Crippen LogP contribution in [0.15, 0.2) is 24.3 Å². The van der Waals surface area contributed by atoms with Crippen LogP contribution in [0.2, 0.25) is 0 Å². The summed E-state index contributed by atoms with van der Waals surface area (Å²) in [5, 5.41) is 6.43. The quantitative estimate of drug-likeness (QED) is 0.854. The van der Waals surface area contributed by atoms with Crippen LogP contribution in [0.4, 0.5) is 9.18 Å². The fraction of sp³-hybridized carbons (Fsp3) is 0.667. The fourth-order valence-corrected chi connectivity index (χ4v) is 6.13. The molecule has 0 radical (unpaired) electrons. The minimum absolute atomic E-state index is 0.00846. The van der Waals surface area contributed by atoms with Crippen molar-refractivity contribution in [2.24, 2.45) is 23.7 Å². The van der Waals surface area contributed by atoms with Gasteiger partial charge in [-0.2, -0.15) is 0 Å². The Balaban J connectivity index is 1.18. The van der Waals surface area contributed by atoms with Crippen molar-refractivity contribution in [1.29, 1.82) is 0 Å². The number of carbonyl (C=O) groups is 1. The van der Waals surface area contributed by atoms with Crippen molar-refractivity contribution < 1.29 is 9.18 Å². The number of carbonyl (C=O) groups excluding carboxylic acids is 1. The zero-order valence-electron chi connectivity index (χ0n) is 14.6. The van der Waals surface area contributed by atoms with E-state index >= 15 is 0 Å². The molecule has 0 heterocycles. The third-order valence-corrected chi connectivity index (χ3v) is 7.42. The van der Waals surface area contributed by atoms with Crippen molar-refractivity contribution in [3.8, 4) is 0 Å². The average molecular weight is 342 g/mol. The number of nitrogens with one attached hydrogen (secondary N) is 2. The van der Waals surface area contributed by atoms with E-state index in [1.165, 1.54) is 44.2 Å². The van der Waals surface area contributed by atoms with Crippen molar-refractivity contribution >= 4 is 6.03 Å². The van der Waals surface area contributed by atoms with E-state index in [0.29, 0.717) is 24.4 Å². The lowest BCUT2D eigenvalue weighted by atomic mass is 9.54. The molecule has 134 valence electrons. The summed E-state index contributed by atoms with van der Waals surface area (Å²) < 4.78 is 13.1. The molecule has 5 aliphatic rings. The Kier molecular flexibility index (Phi) is 3.58. The molecule has 1 aromatic carbocycles. The van der Waals surface area contributed by atoms with Crippen LogP contribution in [0, 0.1) is 29.5 Å². The van der Waals surface area contributed by atoms with E-state index in [0.717, 1.165) is 30.2 Å². The minimum atomic E-state index is -0.202. The van der Waals surface area contributed by atoms with Crippen molar-refractivity contribution in [2.75, 3.05) is 6.54 Å². The van der Waals surface area contributed by atoms with E-state index in [1.807, 2.05) is 12.1 Å². The second kappa shape index (κ2) is 5.72. The third kappa shape index (κ3) is 2.84. The van der Waals surface area contributed by atoms with Gasteiger partial charge >= 0.3 is 6.03 Å². The zero-order valence-corrected chi connectivity index (χ0v) is 14.6. The molecule has 0 spiro atoms. The molecule has 0 aliphatic heterocycles. The number of halogens is 1. The van der Waals surface area contributed by atoms with Gasteiger partial charge in [0.05, 0.1) is 0 Å². The molecule has 0 saturated heterocycles. The number of hydrogen-bond acceptors (Lipinski definition) is 1. The Labute approximate surface area is 148 Å². The first-order valence-corrected chi connectivity index (χ1v) is 9.92. The van der Waals surface area contributed by atoms with E-state index < -0.39 is 0 Å². The summed E-state index contributed by atoms with van der Waals surface area (Å²) in [6.07, 6.45) is 8.84. The molecular formula is C21H27FN2O. The first-order valence-electron chi connectivity index (χ1n) is 9.92. The van der Waals surface area contributed by atoms with Gasteiger partial charge in [0.1, 0.15) is 5.82 Å². The molecule has 1 aromatic rings. The lowest BCUT2D eigenvalue weighted by Gasteiger charge is -2.54. The van der Waals surface area contributed by atoms with Gasteiger partial charge in [0.15, 0.2) is 0 Å². The van der Waals surface area contributed by atoms with Crippen molar-refractivity contribution in [3.05, 3.63) is 35.6 Å². The van der Waals surface area contributed by atoms with Gasteiger partial charge in [-0.25, -0.2) is 9.18 Å². The second-order valence-electron chi connectivity index (χ2n) is 9.07. The summed E-state index contributed by atoms with van der Waals surface area (Å²) in [5.41, 5.74) is 1.17. The van der Waals surface area contributed by atoms with Crippen LogP contribution in [0.25, 0.3) is 0 Å². The molecule has 2 amide bonds. The molecule has 0 unspecified atom stereocenters. The Morgan fingerprint density at radius 1 is 1.00 bits per heavy atom. The normalized spacial score (nSPS) is 36.9. The molecule has 0 atom stereocenters. The van der Waals surface area contributed by atoms with Gasteiger partial charge in [0.25, 0.3) is 0 Å². The first-order chi connectivity index (χ1) is 12.1. The lowest BCUT2D eigenvalue weighted by Crippen LogP contribution is -2.57. The monoisotopic (exact) mass is 342 g/mol. The molecule has 5 fully saturated rings. The molecule has 6 rings (SSSR count). The van der Waals surface area contributed by atoms with E-state index in [1.54, 1.807) is 0 Å². The summed E-state index contributed by atoms with van der Waals surface area (Å²) in [4.78, 5) is 12.5. The van der Waals surface area contributed by atoms with Crippen molar-refractivity contribution in [2.45, 2.75) is 56.4 Å². The van der Waals surface area contributed by atoms with E-state index in [2.05, 4.69) is 10.6 Å². The van der Waals surface area contributed by atoms with Crippen molar-refractivity contribution in [1.82, 2.24) is 10.6 Å². The molecule has 5 aliphatic carbocycles. The number of urea groups is 1. The predicted molar refractivity (Wildman–Crippen MR) is 94.7 cm³/mol. The highest BCUT2D eigenvalue weighted by atomic mass is 19.1. The highest BCUT2D eigenvalue weighted by Crippen LogP contribution is 2.53. The Hall–Kier alpha value is -1.58. The maximum Gasteiger partial charge on any atom is 0.315 e. The maximum absolute atomic E-state index is 13.1. The summed E-state index contributed by atoms with van der Waals surface area (Å²) in [6.45, 7) is 0.651. The summed E-state index contributed by atoms with van der Waals surface area (Å²) in [5.74, 6) is 3.06. The molecule has 4 heteroatoms. The SMILES string of the molecule is O=C(NCC1(c2ccc(F)cc2)CC1)NC1C2CC3CC(C2)CC1C3. The molecule has 2 N–H and O–H groups in total. The van der Waals surface area contributed by atoms with Crippen LogP contribution in [0.1, 0.15) is 50.5 Å². The first kappa shape index (κ1) is 15.7. The summed E-state index contributed by atoms with van der Waals surface area (Å²) >= 11 is 0. The van der Waals surface area contributed by atoms with Crippen LogP contribution < -0.4 is 10.6 Å². The second-order valence-corrected chi connectivity index (χ2v) is 9.07. The van der Waals surface area contributed by atoms with E-state index in [9.17, 15) is 9.18 Å². The minimum Gasteiger partial charge on any atom is -0.337 e. The molecule has 5 saturated carbocycles. The largest absolute Gasteiger partial charge is 0.337 e. The summed E-state index contributed by atoms with van der Waals surface area (Å²) in [7, 11) is 0. The van der Waals surface area contributed by atoms with Gasteiger partial charge in [-0.3, -0.25) is 0 Å². The van der Waals surface area contributed by atoms with Crippen LogP contribution in [-0.4, -0.2) is 18.6 Å². The van der Waals surface area contributed by atoms with Gasteiger partial charge in [-0.05, 0) is 86.3 Å². The zero-order chi connectivity index (χ0) is 17.0. The van der Waals surface area contributed by atoms with Gasteiger partial charge in [0, 0.05) is 18.0 Å². The molecule has 4 bridgehead atoms. The smallest absolute Gasteiger partial charge is 0.315 e. The van der Waals surface area contributed by atoms with Gasteiger partial charge in [-0.1, -0.05) is 12.1 Å². The Morgan fingerprint density at radius 2 is 1.60 bits per heavy atom. The van der Waals surface area contributed by atoms with Crippen LogP contribution in [-0.2, 0) is 5.41 Å². The van der Waals surface area contributed by atoms with Gasteiger partial charge < -0.3 is 10.6 Å². The van der Waals surface area contributed by atoms with Gasteiger partial charge in [-0.15, -0.1) is 0 Å². The molecule has 0 aromatic heterocycles. The highest BCUT2D eigenvalue weighted by molar-refractivity contribution is 5.74. The number of benzene rings is 1. The summed E-state index contributed by atoms with van der Waals surface area (Å²) in [6, 6.07) is 7.13. The topological polar surface area (TPSA) is 41.1 Å². The fourth-order valence-electron chi connectivity index (χ4n) is 6.13. The molecule has 3 nitrogen and oxygen atoms in total. The standard InChI is InChI=1S/C21H27FN2O/c22-18-3-1-17(2-4-18)21(5-6-21)12-23-20(25)24-19-15-8-13-7-14(10-15)11-16(19)9-13/h1-4,13-16,19H,5-12H2,(H2,23,24,25). The maximum atomic E-state index is 13.1. The van der Waals surface area contributed by atoms with E-state index in [4.69, 9.17) is 0 Å². The molecule has 25 heavy (non-hydrogen) atoms. The number of rotatable bonds is 4. The average Bonchev–Trinajstić information content (AvgIpc) is 3.37. The van der Waals surface area contributed by atoms with Crippen LogP contribution in [0.5, 0.6) is 0 Å². The number of hydrogen-bond donors (Lipinski definition) is 2. The van der Waals surface area contributed by atoms with Crippen molar-refractivity contribution in [3.63, 3.8) is 0 Å². The molecular weight excluding hydrogens is 315 g/mol. The van der Waals surface area contributed by atoms with Crippen LogP contribution in [0.3, 0.4) is 0 Å². The van der Waals surface area contributed by atoms with E-state index in [-0.39, 0.29) is 17.3 Å². The third-order valence-electron chi connectivity index (χ3n) is 7.42. The van der Waals surface area contributed by atoms with Crippen LogP contribution >= 0.6 is 0 Å². The lowest BCUT2D eigenvalue weighted by molar-refractivity contribution is -0.00942. The Bertz CT molecular complexity index is 639. The number of amides is 2. The highest BCUT2D eigenvalue weighted by Gasteiger charge is 2.49. The van der Waals surface area contributed by atoms with Gasteiger partial charge in [0.2, 0.25) is 0 Å². The Morgan fingerprint density at radius 3 is 2.16 bits per heavy atom.